The van der Waals surface area contributed by atoms with E-state index in [2.05, 4.69) is 31.3 Å². The van der Waals surface area contributed by atoms with Crippen LogP contribution in [0.15, 0.2) is 60.7 Å². The molecule has 2 aromatic carbocycles. The molecule has 1 heterocycles. The summed E-state index contributed by atoms with van der Waals surface area (Å²) in [7, 11) is 2.29. The molecule has 0 unspecified atom stereocenters. The number of likely N-dealkylation sites (tertiary alicyclic amines) is 1. The van der Waals surface area contributed by atoms with Gasteiger partial charge in [0, 0.05) is 18.4 Å². The fourth-order valence-electron chi connectivity index (χ4n) is 3.70. The van der Waals surface area contributed by atoms with Crippen molar-refractivity contribution < 1.29 is 9.59 Å². The minimum Gasteiger partial charge on any atom is -0.382 e. The molecule has 2 atom stereocenters. The van der Waals surface area contributed by atoms with Crippen LogP contribution in [0.4, 0.5) is 0 Å². The molecule has 0 bridgehead atoms. The molecule has 1 saturated heterocycles. The van der Waals surface area contributed by atoms with Gasteiger partial charge in [-0.3, -0.25) is 0 Å². The lowest BCUT2D eigenvalue weighted by Crippen LogP contribution is -2.46. The Labute approximate surface area is 127 Å². The van der Waals surface area contributed by atoms with Crippen molar-refractivity contribution in [3.8, 4) is 0 Å². The molecule has 0 saturated carbocycles. The normalized spacial score (nSPS) is 20.1. The second-order valence-electron chi connectivity index (χ2n) is 6.34. The number of hydrogen-bond donors (Lipinski definition) is 1. The van der Waals surface area contributed by atoms with E-state index in [4.69, 9.17) is 0 Å². The Kier molecular flexibility index (Phi) is 4.09. The first-order chi connectivity index (χ1) is 10.2. The van der Waals surface area contributed by atoms with Gasteiger partial charge in [0.1, 0.15) is 12.1 Å². The van der Waals surface area contributed by atoms with Crippen molar-refractivity contribution >= 4 is 0 Å². The van der Waals surface area contributed by atoms with Crippen LogP contribution >= 0.6 is 0 Å². The number of aliphatic hydroxyl groups is 1. The number of aliphatic hydroxyl groups excluding tert-OH is 1. The zero-order valence-corrected chi connectivity index (χ0v) is 12.7. The Bertz CT molecular complexity index is 561. The van der Waals surface area contributed by atoms with Gasteiger partial charge in [0.2, 0.25) is 0 Å². The summed E-state index contributed by atoms with van der Waals surface area (Å²) >= 11 is 0. The SMILES string of the molecule is C[N+]1([C@H](c2ccccc2)[C@H](O)c2ccccc2)CCCC1. The predicted molar refractivity (Wildman–Crippen MR) is 85.7 cm³/mol. The Morgan fingerprint density at radius 2 is 1.29 bits per heavy atom. The van der Waals surface area contributed by atoms with Crippen molar-refractivity contribution in [1.82, 2.24) is 0 Å². The van der Waals surface area contributed by atoms with Crippen LogP contribution in [0.5, 0.6) is 0 Å². The van der Waals surface area contributed by atoms with Crippen molar-refractivity contribution in [3.63, 3.8) is 0 Å². The lowest BCUT2D eigenvalue weighted by atomic mass is 9.93. The van der Waals surface area contributed by atoms with Crippen LogP contribution in [0.2, 0.25) is 0 Å². The quantitative estimate of drug-likeness (QED) is 0.848. The van der Waals surface area contributed by atoms with Gasteiger partial charge in [0.25, 0.3) is 0 Å². The van der Waals surface area contributed by atoms with Gasteiger partial charge in [0.05, 0.1) is 20.1 Å². The Morgan fingerprint density at radius 3 is 1.81 bits per heavy atom. The minimum absolute atomic E-state index is 0.107. The molecule has 21 heavy (non-hydrogen) atoms. The van der Waals surface area contributed by atoms with Crippen molar-refractivity contribution in [2.75, 3.05) is 20.1 Å². The number of hydrogen-bond acceptors (Lipinski definition) is 1. The second kappa shape index (κ2) is 6.00. The maximum atomic E-state index is 11.0. The van der Waals surface area contributed by atoms with Gasteiger partial charge in [-0.25, -0.2) is 0 Å². The lowest BCUT2D eigenvalue weighted by Gasteiger charge is -2.40. The number of quaternary nitrogens is 1. The van der Waals surface area contributed by atoms with Gasteiger partial charge in [0.15, 0.2) is 0 Å². The summed E-state index contributed by atoms with van der Waals surface area (Å²) in [4.78, 5) is 0. The summed E-state index contributed by atoms with van der Waals surface area (Å²) in [6.07, 6.45) is 2.04. The van der Waals surface area contributed by atoms with Crippen LogP contribution in [0.1, 0.15) is 36.1 Å². The van der Waals surface area contributed by atoms with Crippen molar-refractivity contribution in [3.05, 3.63) is 71.8 Å². The topological polar surface area (TPSA) is 20.2 Å². The maximum Gasteiger partial charge on any atom is 0.145 e. The van der Waals surface area contributed by atoms with E-state index in [1.165, 1.54) is 18.4 Å². The van der Waals surface area contributed by atoms with E-state index >= 15 is 0 Å². The zero-order valence-electron chi connectivity index (χ0n) is 12.7. The molecule has 1 N–H and O–H groups in total. The van der Waals surface area contributed by atoms with Crippen molar-refractivity contribution in [2.45, 2.75) is 25.0 Å². The Balaban J connectivity index is 2.00. The second-order valence-corrected chi connectivity index (χ2v) is 6.34. The first-order valence-corrected chi connectivity index (χ1v) is 7.83. The smallest absolute Gasteiger partial charge is 0.145 e. The van der Waals surface area contributed by atoms with E-state index in [1.54, 1.807) is 0 Å². The summed E-state index contributed by atoms with van der Waals surface area (Å²) < 4.78 is 0.931. The Hall–Kier alpha value is -1.64. The molecular formula is C19H24NO+. The number of nitrogens with zero attached hydrogens (tertiary/aromatic N) is 1. The molecule has 2 heteroatoms. The fraction of sp³-hybridized carbons (Fsp3) is 0.368. The monoisotopic (exact) mass is 282 g/mol. The van der Waals surface area contributed by atoms with E-state index in [1.807, 2.05) is 36.4 Å². The molecule has 2 nitrogen and oxygen atoms in total. The molecule has 0 amide bonds. The highest BCUT2D eigenvalue weighted by Gasteiger charge is 2.41. The van der Waals surface area contributed by atoms with Gasteiger partial charge >= 0.3 is 0 Å². The number of rotatable bonds is 4. The van der Waals surface area contributed by atoms with Gasteiger partial charge in [-0.2, -0.15) is 0 Å². The van der Waals surface area contributed by atoms with E-state index in [0.29, 0.717) is 0 Å². The van der Waals surface area contributed by atoms with E-state index in [9.17, 15) is 5.11 Å². The van der Waals surface area contributed by atoms with Crippen LogP contribution in [0, 0.1) is 0 Å². The summed E-state index contributed by atoms with van der Waals surface area (Å²) in [5.74, 6) is 0. The van der Waals surface area contributed by atoms with Gasteiger partial charge in [-0.05, 0) is 5.56 Å². The average Bonchev–Trinajstić information content (AvgIpc) is 2.96. The van der Waals surface area contributed by atoms with E-state index in [-0.39, 0.29) is 6.04 Å². The van der Waals surface area contributed by atoms with E-state index in [0.717, 1.165) is 23.1 Å². The van der Waals surface area contributed by atoms with Gasteiger partial charge < -0.3 is 9.59 Å². The minimum atomic E-state index is -0.461. The van der Waals surface area contributed by atoms with Crippen molar-refractivity contribution in [2.24, 2.45) is 0 Å². The van der Waals surface area contributed by atoms with Crippen LogP contribution in [0.3, 0.4) is 0 Å². The highest BCUT2D eigenvalue weighted by molar-refractivity contribution is 5.25. The molecule has 0 aromatic heterocycles. The maximum absolute atomic E-state index is 11.0. The first kappa shape index (κ1) is 14.3. The molecule has 0 radical (unpaired) electrons. The summed E-state index contributed by atoms with van der Waals surface area (Å²) in [5.41, 5.74) is 2.25. The van der Waals surface area contributed by atoms with E-state index < -0.39 is 6.10 Å². The van der Waals surface area contributed by atoms with Crippen molar-refractivity contribution in [1.29, 1.82) is 0 Å². The zero-order chi connectivity index (χ0) is 14.7. The lowest BCUT2D eigenvalue weighted by molar-refractivity contribution is -0.932. The molecule has 3 rings (SSSR count). The molecular weight excluding hydrogens is 258 g/mol. The average molecular weight is 282 g/mol. The third kappa shape index (κ3) is 2.87. The molecule has 1 aliphatic heterocycles. The Morgan fingerprint density at radius 1 is 0.810 bits per heavy atom. The number of benzene rings is 2. The van der Waals surface area contributed by atoms with Gasteiger partial charge in [-0.15, -0.1) is 0 Å². The predicted octanol–water partition coefficient (Wildman–Crippen LogP) is 3.70. The molecule has 1 fully saturated rings. The standard InChI is InChI=1S/C19H24NO/c1-20(14-8-9-15-20)18(16-10-4-2-5-11-16)19(21)17-12-6-3-7-13-17/h2-7,10-13,18-19,21H,8-9,14-15H2,1H3/q+1/t18-,19-/m1/s1. The molecule has 2 aromatic rings. The summed E-state index contributed by atoms with van der Waals surface area (Å²) in [5, 5.41) is 11.0. The molecule has 0 spiro atoms. The van der Waals surface area contributed by atoms with Crippen LogP contribution in [0.25, 0.3) is 0 Å². The molecule has 1 aliphatic rings. The summed E-state index contributed by atoms with van der Waals surface area (Å²) in [6, 6.07) is 20.7. The third-order valence-electron chi connectivity index (χ3n) is 4.84. The summed E-state index contributed by atoms with van der Waals surface area (Å²) in [6.45, 7) is 2.28. The van der Waals surface area contributed by atoms with Gasteiger partial charge in [-0.1, -0.05) is 60.7 Å². The number of likely N-dealkylation sites (N-methyl/N-ethyl adjacent to an activating group) is 1. The first-order valence-electron chi connectivity index (χ1n) is 7.83. The highest BCUT2D eigenvalue weighted by Crippen LogP contribution is 2.40. The van der Waals surface area contributed by atoms with Crippen LogP contribution < -0.4 is 0 Å². The molecule has 110 valence electrons. The molecule has 0 aliphatic carbocycles. The fourth-order valence-corrected chi connectivity index (χ4v) is 3.70. The highest BCUT2D eigenvalue weighted by atomic mass is 16.3. The third-order valence-corrected chi connectivity index (χ3v) is 4.84. The van der Waals surface area contributed by atoms with Crippen LogP contribution in [-0.2, 0) is 0 Å². The van der Waals surface area contributed by atoms with Crippen LogP contribution in [-0.4, -0.2) is 29.7 Å². The largest absolute Gasteiger partial charge is 0.382 e.